The molecule has 0 heterocycles. The second-order valence-corrected chi connectivity index (χ2v) is 11.6. The topological polar surface area (TPSA) is 292 Å². The van der Waals surface area contributed by atoms with E-state index in [0.29, 0.717) is 19.4 Å². The molecule has 0 radical (unpaired) electrons. The lowest BCUT2D eigenvalue weighted by molar-refractivity contribution is -0.143. The number of hydrogen-bond donors (Lipinski definition) is 10. The van der Waals surface area contributed by atoms with Crippen molar-refractivity contribution in [2.45, 2.75) is 109 Å². The SMILES string of the molecule is CC(C)C[C@H](NC(=O)[C@H](CO)NC(=O)[C@@H](N)C(C)C)C(=O)N[C@@H](C)C(=O)N[C@@H](CCC(=O)O)C(=O)N[C@@H](CCCCN)C(=O)O. The van der Waals surface area contributed by atoms with Crippen molar-refractivity contribution in [3.8, 4) is 0 Å². The van der Waals surface area contributed by atoms with Gasteiger partial charge in [-0.1, -0.05) is 27.7 Å². The number of rotatable bonds is 22. The van der Waals surface area contributed by atoms with Gasteiger partial charge >= 0.3 is 11.9 Å². The highest BCUT2D eigenvalue weighted by Gasteiger charge is 2.32. The maximum Gasteiger partial charge on any atom is 0.326 e. The molecule has 0 aromatic heterocycles. The second kappa shape index (κ2) is 21.0. The highest BCUT2D eigenvalue weighted by Crippen LogP contribution is 2.08. The molecule has 0 aromatic rings. The number of unbranched alkanes of at least 4 members (excludes halogenated alkanes) is 1. The quantitative estimate of drug-likeness (QED) is 0.0548. The molecule has 6 atom stereocenters. The lowest BCUT2D eigenvalue weighted by Crippen LogP contribution is -2.59. The Morgan fingerprint density at radius 2 is 1.16 bits per heavy atom. The number of nitrogens with two attached hydrogens (primary N) is 2. The molecule has 0 fully saturated rings. The lowest BCUT2D eigenvalue weighted by Gasteiger charge is -2.26. The Hall–Kier alpha value is -3.83. The Kier molecular flexibility index (Phi) is 19.2. The molecule has 0 unspecified atom stereocenters. The number of nitrogens with one attached hydrogen (secondary N) is 5. The number of hydrogen-bond acceptors (Lipinski definition) is 10. The number of carboxylic acids is 2. The standard InChI is InChI=1S/C28H51N7O10/c1-14(2)12-19(34-26(42)20(13-36)35-27(43)22(30)15(3)4)25(41)31-16(5)23(39)32-17(9-10-21(37)38)24(40)33-18(28(44)45)8-6-7-11-29/h14-20,22,36H,6-13,29-30H2,1-5H3,(H,31,41)(H,32,39)(H,33,40)(H,34,42)(H,35,43)(H,37,38)(H,44,45)/t16-,17-,18-,19-,20-,22-/m0/s1. The van der Waals surface area contributed by atoms with Crippen molar-refractivity contribution in [3.05, 3.63) is 0 Å². The molecular formula is C28H51N7O10. The molecule has 0 aromatic carbocycles. The molecule has 0 bridgehead atoms. The molecule has 45 heavy (non-hydrogen) atoms. The summed E-state index contributed by atoms with van der Waals surface area (Å²) in [4.78, 5) is 86.9. The van der Waals surface area contributed by atoms with Crippen LogP contribution in [-0.2, 0) is 33.6 Å². The molecule has 0 saturated carbocycles. The Morgan fingerprint density at radius 1 is 0.644 bits per heavy atom. The van der Waals surface area contributed by atoms with Gasteiger partial charge in [0.15, 0.2) is 0 Å². The van der Waals surface area contributed by atoms with E-state index in [1.54, 1.807) is 27.7 Å². The van der Waals surface area contributed by atoms with Crippen LogP contribution < -0.4 is 38.1 Å². The molecule has 0 aliphatic carbocycles. The predicted molar refractivity (Wildman–Crippen MR) is 162 cm³/mol. The number of carbonyl (C=O) groups excluding carboxylic acids is 5. The second-order valence-electron chi connectivity index (χ2n) is 11.6. The van der Waals surface area contributed by atoms with E-state index >= 15 is 0 Å². The monoisotopic (exact) mass is 645 g/mol. The van der Waals surface area contributed by atoms with E-state index < -0.39 is 90.8 Å². The summed E-state index contributed by atoms with van der Waals surface area (Å²) >= 11 is 0. The van der Waals surface area contributed by atoms with Gasteiger partial charge in [0.05, 0.1) is 12.6 Å². The molecule has 258 valence electrons. The summed E-state index contributed by atoms with van der Waals surface area (Å²) in [6, 6.07) is -7.52. The van der Waals surface area contributed by atoms with Gasteiger partial charge in [-0.3, -0.25) is 28.8 Å². The van der Waals surface area contributed by atoms with Crippen LogP contribution in [0, 0.1) is 11.8 Å². The summed E-state index contributed by atoms with van der Waals surface area (Å²) in [5, 5.41) is 40.2. The van der Waals surface area contributed by atoms with Crippen LogP contribution in [0.5, 0.6) is 0 Å². The van der Waals surface area contributed by atoms with E-state index in [9.17, 15) is 43.8 Å². The van der Waals surface area contributed by atoms with Gasteiger partial charge in [-0.05, 0) is 57.4 Å². The van der Waals surface area contributed by atoms with Crippen molar-refractivity contribution in [3.63, 3.8) is 0 Å². The minimum atomic E-state index is -1.43. The fourth-order valence-electron chi connectivity index (χ4n) is 3.98. The summed E-state index contributed by atoms with van der Waals surface area (Å²) in [7, 11) is 0. The Morgan fingerprint density at radius 3 is 1.64 bits per heavy atom. The molecule has 17 heteroatoms. The Labute approximate surface area is 263 Å². The van der Waals surface area contributed by atoms with Gasteiger partial charge in [0.25, 0.3) is 0 Å². The molecule has 12 N–H and O–H groups in total. The molecule has 0 aliphatic rings. The average molecular weight is 646 g/mol. The van der Waals surface area contributed by atoms with E-state index in [1.165, 1.54) is 6.92 Å². The van der Waals surface area contributed by atoms with Crippen LogP contribution in [0.4, 0.5) is 0 Å². The number of amides is 5. The third-order valence-corrected chi connectivity index (χ3v) is 6.77. The summed E-state index contributed by atoms with van der Waals surface area (Å²) in [6.07, 6.45) is 0.247. The first kappa shape index (κ1) is 41.2. The maximum absolute atomic E-state index is 13.1. The molecule has 17 nitrogen and oxygen atoms in total. The van der Waals surface area contributed by atoms with E-state index in [1.807, 2.05) is 0 Å². The normalized spacial score (nSPS) is 15.2. The number of aliphatic hydroxyl groups excluding tert-OH is 1. The third-order valence-electron chi connectivity index (χ3n) is 6.77. The minimum Gasteiger partial charge on any atom is -0.481 e. The van der Waals surface area contributed by atoms with E-state index in [-0.39, 0.29) is 31.1 Å². The van der Waals surface area contributed by atoms with Crippen LogP contribution in [0.25, 0.3) is 0 Å². The number of aliphatic hydroxyl groups is 1. The molecule has 0 aliphatic heterocycles. The molecule has 5 amide bonds. The number of aliphatic carboxylic acids is 2. The molecule has 0 spiro atoms. The van der Waals surface area contributed by atoms with Crippen molar-refractivity contribution in [1.82, 2.24) is 26.6 Å². The van der Waals surface area contributed by atoms with Crippen LogP contribution in [0.3, 0.4) is 0 Å². The van der Waals surface area contributed by atoms with Gasteiger partial charge < -0.3 is 53.4 Å². The average Bonchev–Trinajstić information content (AvgIpc) is 2.95. The molecule has 0 saturated heterocycles. The summed E-state index contributed by atoms with van der Waals surface area (Å²) in [6.45, 7) is 7.82. The fraction of sp³-hybridized carbons (Fsp3) is 0.750. The summed E-state index contributed by atoms with van der Waals surface area (Å²) in [5.74, 6) is -7.01. The van der Waals surface area contributed by atoms with Crippen LogP contribution in [0.1, 0.15) is 73.1 Å². The molecular weight excluding hydrogens is 594 g/mol. The van der Waals surface area contributed by atoms with Gasteiger partial charge in [0.1, 0.15) is 30.2 Å². The Bertz CT molecular complexity index is 1020. The van der Waals surface area contributed by atoms with Crippen molar-refractivity contribution in [1.29, 1.82) is 0 Å². The van der Waals surface area contributed by atoms with Crippen LogP contribution >= 0.6 is 0 Å². The van der Waals surface area contributed by atoms with Crippen LogP contribution in [0.2, 0.25) is 0 Å². The summed E-state index contributed by atoms with van der Waals surface area (Å²) in [5.41, 5.74) is 11.2. The van der Waals surface area contributed by atoms with Gasteiger partial charge in [0.2, 0.25) is 29.5 Å². The predicted octanol–water partition coefficient (Wildman–Crippen LogP) is -2.47. The highest BCUT2D eigenvalue weighted by atomic mass is 16.4. The fourth-order valence-corrected chi connectivity index (χ4v) is 3.98. The lowest BCUT2D eigenvalue weighted by atomic mass is 10.0. The number of carboxylic acid groups (broad SMARTS) is 2. The van der Waals surface area contributed by atoms with E-state index in [4.69, 9.17) is 16.6 Å². The van der Waals surface area contributed by atoms with Gasteiger partial charge in [-0.25, -0.2) is 4.79 Å². The number of carbonyl (C=O) groups is 7. The zero-order chi connectivity index (χ0) is 34.9. The smallest absolute Gasteiger partial charge is 0.326 e. The Balaban J connectivity index is 5.62. The van der Waals surface area contributed by atoms with Crippen molar-refractivity contribution in [2.24, 2.45) is 23.3 Å². The third kappa shape index (κ3) is 16.2. The van der Waals surface area contributed by atoms with Crippen molar-refractivity contribution in [2.75, 3.05) is 13.2 Å². The van der Waals surface area contributed by atoms with Gasteiger partial charge in [-0.2, -0.15) is 0 Å². The van der Waals surface area contributed by atoms with Crippen molar-refractivity contribution < 1.29 is 48.9 Å². The summed E-state index contributed by atoms with van der Waals surface area (Å²) < 4.78 is 0. The zero-order valence-electron chi connectivity index (χ0n) is 26.6. The van der Waals surface area contributed by atoms with E-state index in [0.717, 1.165) is 0 Å². The first-order chi connectivity index (χ1) is 20.9. The van der Waals surface area contributed by atoms with Crippen LogP contribution in [0.15, 0.2) is 0 Å². The van der Waals surface area contributed by atoms with Crippen molar-refractivity contribution >= 4 is 41.5 Å². The largest absolute Gasteiger partial charge is 0.481 e. The molecule has 0 rings (SSSR count). The van der Waals surface area contributed by atoms with Crippen LogP contribution in [-0.4, -0.2) is 106 Å². The zero-order valence-corrected chi connectivity index (χ0v) is 26.6. The van der Waals surface area contributed by atoms with Gasteiger partial charge in [-0.15, -0.1) is 0 Å². The maximum atomic E-state index is 13.1. The first-order valence-corrected chi connectivity index (χ1v) is 15.0. The minimum absolute atomic E-state index is 0.0681. The van der Waals surface area contributed by atoms with Gasteiger partial charge in [0, 0.05) is 6.42 Å². The van der Waals surface area contributed by atoms with E-state index in [2.05, 4.69) is 26.6 Å². The first-order valence-electron chi connectivity index (χ1n) is 15.0. The highest BCUT2D eigenvalue weighted by molar-refractivity contribution is 5.96.